The van der Waals surface area contributed by atoms with E-state index in [1.807, 2.05) is 0 Å². The summed E-state index contributed by atoms with van der Waals surface area (Å²) >= 11 is 0. The van der Waals surface area contributed by atoms with Crippen LogP contribution in [0.3, 0.4) is 0 Å². The van der Waals surface area contributed by atoms with Crippen molar-refractivity contribution in [3.63, 3.8) is 0 Å². The standard InChI is InChI=1S/C121H215N/c1-114(2,3)106-41-25-78(26-42-106)86-57-87(79-27-43-107(44-28-79)115(4,5)6)62-94(61-86)98-69-99(95-63-88(80-29-45-108(46-30-80)116(7,8)9)58-89(64-95)81-31-47-109(48-32-81)117(10,11)12)72-102(71-98)104-75-105(77-122-76-104)103-73-100(96-65-90(82-33-49-110(50-34-82)118(13,14)15)59-91(66-96)83-35-51-111(52-36-83)119(16,17)18)70-101(74-103)97-67-92(84-37-53-112(54-38-84)120(19,20)21)60-93(68-97)85-39-55-113(56-40-85)121(22,23)24/h78-113,122H,25-77H2,1-24H3. The van der Waals surface area contributed by atoms with Crippen LogP contribution < -0.4 is 5.32 Å². The summed E-state index contributed by atoms with van der Waals surface area (Å²) in [5.41, 5.74) is 3.67. The maximum Gasteiger partial charge on any atom is -0.00176 e. The highest BCUT2D eigenvalue weighted by atomic mass is 14.9. The van der Waals surface area contributed by atoms with Gasteiger partial charge in [-0.25, -0.2) is 0 Å². The fourth-order valence-electron chi connectivity index (χ4n) is 37.0. The minimum atomic E-state index is 0.459. The Labute approximate surface area is 763 Å². The fourth-order valence-corrected chi connectivity index (χ4v) is 37.0. The molecule has 15 rings (SSSR count). The van der Waals surface area contributed by atoms with E-state index >= 15 is 0 Å². The van der Waals surface area contributed by atoms with Crippen LogP contribution in [0, 0.1) is 256 Å². The van der Waals surface area contributed by atoms with Gasteiger partial charge in [-0.2, -0.15) is 0 Å². The van der Waals surface area contributed by atoms with Gasteiger partial charge in [0, 0.05) is 0 Å². The molecule has 0 spiro atoms. The van der Waals surface area contributed by atoms with E-state index in [2.05, 4.69) is 171 Å². The van der Waals surface area contributed by atoms with Crippen LogP contribution in [0.25, 0.3) is 0 Å². The van der Waals surface area contributed by atoms with Crippen LogP contribution in [-0.2, 0) is 0 Å². The molecule has 14 unspecified atom stereocenters. The molecule has 0 amide bonds. The number of hydrogen-bond donors (Lipinski definition) is 1. The van der Waals surface area contributed by atoms with E-state index in [1.54, 1.807) is 225 Å². The van der Waals surface area contributed by atoms with Crippen molar-refractivity contribution in [2.75, 3.05) is 13.1 Å². The first-order valence-electron chi connectivity index (χ1n) is 57.1. The van der Waals surface area contributed by atoms with Gasteiger partial charge in [-0.05, 0) is 597 Å². The molecule has 1 aliphatic heterocycles. The molecule has 704 valence electrons. The zero-order chi connectivity index (χ0) is 87.0. The molecule has 14 saturated carbocycles. The summed E-state index contributed by atoms with van der Waals surface area (Å²) in [6.07, 6.45) is 79.9. The molecule has 15 aliphatic rings. The predicted octanol–water partition coefficient (Wildman–Crippen LogP) is 36.2. The average Bonchev–Trinajstić information content (AvgIpc) is 0.770. The monoisotopic (exact) mass is 1680 g/mol. The maximum atomic E-state index is 4.67. The van der Waals surface area contributed by atoms with E-state index in [9.17, 15) is 0 Å². The molecule has 1 heteroatoms. The van der Waals surface area contributed by atoms with Gasteiger partial charge in [0.05, 0.1) is 0 Å². The van der Waals surface area contributed by atoms with Gasteiger partial charge in [-0.15, -0.1) is 0 Å². The predicted molar refractivity (Wildman–Crippen MR) is 530 cm³/mol. The zero-order valence-electron chi connectivity index (χ0n) is 86.8. The van der Waals surface area contributed by atoms with Gasteiger partial charge in [0.2, 0.25) is 0 Å². The second-order valence-electron chi connectivity index (χ2n) is 60.2. The van der Waals surface area contributed by atoms with Crippen LogP contribution in [0.15, 0.2) is 0 Å². The van der Waals surface area contributed by atoms with E-state index in [1.165, 1.54) is 116 Å². The Bertz CT molecular complexity index is 2540. The first-order chi connectivity index (χ1) is 57.4. The summed E-state index contributed by atoms with van der Waals surface area (Å²) in [5.74, 6) is 34.6. The van der Waals surface area contributed by atoms with Crippen molar-refractivity contribution in [3.05, 3.63) is 0 Å². The molecule has 14 aliphatic carbocycles. The highest BCUT2D eigenvalue weighted by Crippen LogP contribution is 2.64. The van der Waals surface area contributed by atoms with Crippen molar-refractivity contribution in [2.45, 2.75) is 494 Å². The second-order valence-corrected chi connectivity index (χ2v) is 60.2. The minimum Gasteiger partial charge on any atom is -0.316 e. The Morgan fingerprint density at radius 1 is 0.107 bits per heavy atom. The molecule has 14 atom stereocenters. The Morgan fingerprint density at radius 2 is 0.189 bits per heavy atom. The Balaban J connectivity index is 0.762. The van der Waals surface area contributed by atoms with Gasteiger partial charge in [-0.3, -0.25) is 0 Å². The van der Waals surface area contributed by atoms with Gasteiger partial charge < -0.3 is 5.32 Å². The average molecular weight is 1680 g/mol. The molecular weight excluding hydrogens is 1470 g/mol. The molecule has 0 aromatic carbocycles. The molecule has 1 nitrogen and oxygen atoms in total. The van der Waals surface area contributed by atoms with E-state index in [0.29, 0.717) is 43.3 Å². The summed E-state index contributed by atoms with van der Waals surface area (Å²) in [4.78, 5) is 0. The number of nitrogens with one attached hydrogen (secondary N) is 1. The molecule has 1 saturated heterocycles. The SMILES string of the molecule is CC(C)(C)C1CCC(C2CC(C3CCC(C(C)(C)C)CC3)CC(C3CC(C4CNCC(C5CC(C6CC(C7CCC(C(C)(C)C)CC7)CC(C7CCC(C(C)(C)C)CC7)C6)CC(C6CC(C7CCC(C(C)(C)C)CC7)CC(C7CCC(C(C)(C)C)CC7)C6)C5)C4)CC(C4CC(C5CCC(C(C)(C)C)CC5)CC(C5CCC(C(C)(C)C)CC5)C4)C3)C2)CC1. The summed E-state index contributed by atoms with van der Waals surface area (Å²) in [6, 6.07) is 0. The summed E-state index contributed by atoms with van der Waals surface area (Å²) in [7, 11) is 0. The van der Waals surface area contributed by atoms with E-state index in [4.69, 9.17) is 0 Å². The van der Waals surface area contributed by atoms with Crippen molar-refractivity contribution in [2.24, 2.45) is 256 Å². The molecule has 1 heterocycles. The Kier molecular flexibility index (Phi) is 31.2. The van der Waals surface area contributed by atoms with Gasteiger partial charge in [0.15, 0.2) is 0 Å². The van der Waals surface area contributed by atoms with Crippen molar-refractivity contribution in [1.29, 1.82) is 0 Å². The van der Waals surface area contributed by atoms with Gasteiger partial charge in [0.1, 0.15) is 0 Å². The van der Waals surface area contributed by atoms with Crippen LogP contribution in [-0.4, -0.2) is 13.1 Å². The molecule has 122 heavy (non-hydrogen) atoms. The molecule has 0 aromatic rings. The van der Waals surface area contributed by atoms with E-state index in [-0.39, 0.29) is 0 Å². The lowest BCUT2D eigenvalue weighted by Crippen LogP contribution is -2.48. The van der Waals surface area contributed by atoms with Crippen molar-refractivity contribution >= 4 is 0 Å². The summed E-state index contributed by atoms with van der Waals surface area (Å²) in [5, 5.41) is 4.67. The van der Waals surface area contributed by atoms with E-state index < -0.39 is 0 Å². The molecule has 1 N–H and O–H groups in total. The fraction of sp³-hybridized carbons (Fsp3) is 1.00. The zero-order valence-corrected chi connectivity index (χ0v) is 86.8. The third-order valence-corrected chi connectivity index (χ3v) is 45.6. The Morgan fingerprint density at radius 3 is 0.287 bits per heavy atom. The van der Waals surface area contributed by atoms with Crippen molar-refractivity contribution < 1.29 is 0 Å². The maximum absolute atomic E-state index is 4.67. The van der Waals surface area contributed by atoms with Gasteiger partial charge in [-0.1, -0.05) is 166 Å². The smallest absolute Gasteiger partial charge is 0.00176 e. The highest BCUT2D eigenvalue weighted by molar-refractivity contribution is 5.05. The van der Waals surface area contributed by atoms with Gasteiger partial charge in [0.25, 0.3) is 0 Å². The van der Waals surface area contributed by atoms with Crippen LogP contribution in [0.5, 0.6) is 0 Å². The first-order valence-corrected chi connectivity index (χ1v) is 57.1. The van der Waals surface area contributed by atoms with Crippen LogP contribution >= 0.6 is 0 Å². The lowest BCUT2D eigenvalue weighted by Gasteiger charge is -2.54. The van der Waals surface area contributed by atoms with Crippen LogP contribution in [0.1, 0.15) is 494 Å². The third kappa shape index (κ3) is 24.0. The summed E-state index contributed by atoms with van der Waals surface area (Å²) < 4.78 is 0. The molecule has 0 radical (unpaired) electrons. The topological polar surface area (TPSA) is 12.0 Å². The lowest BCUT2D eigenvalue weighted by atomic mass is 9.52. The quantitative estimate of drug-likeness (QED) is 0.183. The molecular formula is C121H215N. The highest BCUT2D eigenvalue weighted by Gasteiger charge is 2.54. The second kappa shape index (κ2) is 39.5. The third-order valence-electron chi connectivity index (χ3n) is 45.6. The number of rotatable bonds is 14. The Hall–Kier alpha value is -0.0400. The summed E-state index contributed by atoms with van der Waals surface area (Å²) in [6.45, 7) is 65.2. The van der Waals surface area contributed by atoms with Crippen LogP contribution in [0.4, 0.5) is 0 Å². The van der Waals surface area contributed by atoms with Crippen LogP contribution in [0.2, 0.25) is 0 Å². The number of piperidine rings is 1. The first kappa shape index (κ1) is 96.5. The van der Waals surface area contributed by atoms with E-state index in [0.717, 1.165) is 213 Å². The minimum absolute atomic E-state index is 0.459. The van der Waals surface area contributed by atoms with Crippen molar-refractivity contribution in [3.8, 4) is 0 Å². The molecule has 0 aromatic heterocycles. The molecule has 15 fully saturated rings. The number of hydrogen-bond acceptors (Lipinski definition) is 1. The molecule has 0 bridgehead atoms. The lowest BCUT2D eigenvalue weighted by molar-refractivity contribution is -0.0328. The largest absolute Gasteiger partial charge is 0.316 e. The van der Waals surface area contributed by atoms with Crippen molar-refractivity contribution in [1.82, 2.24) is 5.32 Å². The van der Waals surface area contributed by atoms with Gasteiger partial charge >= 0.3 is 0 Å². The normalized spacial score (nSPS) is 46.2.